The van der Waals surface area contributed by atoms with E-state index < -0.39 is 0 Å². The number of nitrogens with zero attached hydrogens (tertiary/aromatic N) is 6. The van der Waals surface area contributed by atoms with Gasteiger partial charge in [-0.05, 0) is 25.5 Å². The summed E-state index contributed by atoms with van der Waals surface area (Å²) in [6.45, 7) is 7.14. The first-order valence-electron chi connectivity index (χ1n) is 7.85. The van der Waals surface area contributed by atoms with E-state index in [1.807, 2.05) is 41.6 Å². The van der Waals surface area contributed by atoms with Gasteiger partial charge in [0.15, 0.2) is 5.82 Å². The molecule has 0 aliphatic carbocycles. The highest BCUT2D eigenvalue weighted by molar-refractivity contribution is 5.69. The first-order chi connectivity index (χ1) is 11.2. The van der Waals surface area contributed by atoms with Crippen molar-refractivity contribution in [3.63, 3.8) is 0 Å². The predicted molar refractivity (Wildman–Crippen MR) is 86.6 cm³/mol. The molecule has 120 valence electrons. The van der Waals surface area contributed by atoms with Crippen molar-refractivity contribution in [3.8, 4) is 0 Å². The van der Waals surface area contributed by atoms with E-state index in [9.17, 15) is 0 Å². The Bertz CT molecular complexity index is 823. The summed E-state index contributed by atoms with van der Waals surface area (Å²) in [6.07, 6.45) is 7.71. The van der Waals surface area contributed by atoms with Crippen LogP contribution in [-0.4, -0.2) is 50.2 Å². The Kier molecular flexibility index (Phi) is 3.49. The van der Waals surface area contributed by atoms with Gasteiger partial charge in [0, 0.05) is 31.7 Å². The molecule has 7 heteroatoms. The van der Waals surface area contributed by atoms with Crippen LogP contribution in [0.3, 0.4) is 0 Å². The molecular formula is C16H20N6O. The van der Waals surface area contributed by atoms with Crippen LogP contribution in [0.1, 0.15) is 11.3 Å². The Hall–Kier alpha value is -2.41. The quantitative estimate of drug-likeness (QED) is 0.732. The van der Waals surface area contributed by atoms with E-state index in [1.54, 1.807) is 6.20 Å². The van der Waals surface area contributed by atoms with E-state index in [-0.39, 0.29) is 6.10 Å². The van der Waals surface area contributed by atoms with Gasteiger partial charge in [0.2, 0.25) is 0 Å². The molecule has 4 rings (SSSR count). The molecule has 0 aromatic carbocycles. The van der Waals surface area contributed by atoms with Crippen LogP contribution >= 0.6 is 0 Å². The summed E-state index contributed by atoms with van der Waals surface area (Å²) in [5.41, 5.74) is 3.20. The molecule has 23 heavy (non-hydrogen) atoms. The molecule has 0 amide bonds. The minimum absolute atomic E-state index is 0.106. The third kappa shape index (κ3) is 2.79. The van der Waals surface area contributed by atoms with Crippen molar-refractivity contribution < 1.29 is 4.74 Å². The van der Waals surface area contributed by atoms with Gasteiger partial charge in [-0.3, -0.25) is 4.68 Å². The van der Waals surface area contributed by atoms with Crippen LogP contribution in [0.4, 0.5) is 5.82 Å². The molecule has 0 bridgehead atoms. The molecule has 1 atom stereocenters. The predicted octanol–water partition coefficient (Wildman–Crippen LogP) is 1.45. The molecule has 0 spiro atoms. The van der Waals surface area contributed by atoms with Gasteiger partial charge in [0.25, 0.3) is 0 Å². The first-order valence-corrected chi connectivity index (χ1v) is 7.85. The molecule has 3 aromatic heterocycles. The molecule has 1 aliphatic rings. The van der Waals surface area contributed by atoms with Crippen LogP contribution in [0.25, 0.3) is 5.52 Å². The van der Waals surface area contributed by atoms with Crippen molar-refractivity contribution in [2.75, 3.05) is 24.6 Å². The lowest BCUT2D eigenvalue weighted by Crippen LogP contribution is -2.44. The van der Waals surface area contributed by atoms with Gasteiger partial charge < -0.3 is 9.64 Å². The maximum atomic E-state index is 5.91. The van der Waals surface area contributed by atoms with Gasteiger partial charge in [-0.25, -0.2) is 9.50 Å². The van der Waals surface area contributed by atoms with Crippen molar-refractivity contribution in [1.82, 2.24) is 24.4 Å². The molecule has 4 heterocycles. The molecular weight excluding hydrogens is 292 g/mol. The van der Waals surface area contributed by atoms with E-state index in [1.165, 1.54) is 5.56 Å². The summed E-state index contributed by atoms with van der Waals surface area (Å²) >= 11 is 0. The van der Waals surface area contributed by atoms with Gasteiger partial charge in [-0.2, -0.15) is 10.2 Å². The highest BCUT2D eigenvalue weighted by Crippen LogP contribution is 2.22. The third-order valence-electron chi connectivity index (χ3n) is 4.08. The highest BCUT2D eigenvalue weighted by Gasteiger charge is 2.24. The second-order valence-electron chi connectivity index (χ2n) is 6.04. The monoisotopic (exact) mass is 312 g/mol. The summed E-state index contributed by atoms with van der Waals surface area (Å²) in [6, 6.07) is 2.07. The number of hydrogen-bond acceptors (Lipinski definition) is 5. The Morgan fingerprint density at radius 3 is 3.09 bits per heavy atom. The fraction of sp³-hybridized carbons (Fsp3) is 0.438. The van der Waals surface area contributed by atoms with Crippen LogP contribution in [0.15, 0.2) is 30.9 Å². The summed E-state index contributed by atoms with van der Waals surface area (Å²) in [4.78, 5) is 6.86. The molecule has 0 saturated carbocycles. The number of ether oxygens (including phenoxy) is 1. The molecule has 1 saturated heterocycles. The number of morpholine rings is 1. The summed E-state index contributed by atoms with van der Waals surface area (Å²) in [5, 5.41) is 8.81. The number of aromatic nitrogens is 5. The van der Waals surface area contributed by atoms with E-state index in [0.717, 1.165) is 36.7 Å². The highest BCUT2D eigenvalue weighted by atomic mass is 16.5. The van der Waals surface area contributed by atoms with Gasteiger partial charge in [0.1, 0.15) is 5.52 Å². The minimum Gasteiger partial charge on any atom is -0.373 e. The molecule has 0 radical (unpaired) electrons. The second kappa shape index (κ2) is 5.66. The van der Waals surface area contributed by atoms with Crippen molar-refractivity contribution >= 4 is 11.3 Å². The zero-order chi connectivity index (χ0) is 15.8. The SMILES string of the molecule is Cc1cnn(CC2CN(c3nccn4nc(C)cc34)CCO2)c1. The maximum Gasteiger partial charge on any atom is 0.154 e. The zero-order valence-corrected chi connectivity index (χ0v) is 13.4. The fourth-order valence-corrected chi connectivity index (χ4v) is 3.07. The smallest absolute Gasteiger partial charge is 0.154 e. The summed E-state index contributed by atoms with van der Waals surface area (Å²) < 4.78 is 9.74. The fourth-order valence-electron chi connectivity index (χ4n) is 3.07. The normalized spacial score (nSPS) is 18.7. The largest absolute Gasteiger partial charge is 0.373 e. The van der Waals surface area contributed by atoms with Crippen LogP contribution in [0.5, 0.6) is 0 Å². The lowest BCUT2D eigenvalue weighted by molar-refractivity contribution is 0.0272. The second-order valence-corrected chi connectivity index (χ2v) is 6.04. The van der Waals surface area contributed by atoms with Gasteiger partial charge in [-0.15, -0.1) is 0 Å². The average molecular weight is 312 g/mol. The lowest BCUT2D eigenvalue weighted by Gasteiger charge is -2.33. The van der Waals surface area contributed by atoms with Gasteiger partial charge >= 0.3 is 0 Å². The average Bonchev–Trinajstić information content (AvgIpc) is 3.11. The number of hydrogen-bond donors (Lipinski definition) is 0. The molecule has 0 N–H and O–H groups in total. The van der Waals surface area contributed by atoms with Gasteiger partial charge in [0.05, 0.1) is 31.1 Å². The standard InChI is InChI=1S/C16H20N6O/c1-12-8-18-21(9-12)11-14-10-20(5-6-23-14)16-15-7-13(2)19-22(15)4-3-17-16/h3-4,7-9,14H,5-6,10-11H2,1-2H3. The lowest BCUT2D eigenvalue weighted by atomic mass is 10.2. The number of anilines is 1. The molecule has 3 aromatic rings. The van der Waals surface area contributed by atoms with E-state index in [4.69, 9.17) is 4.74 Å². The van der Waals surface area contributed by atoms with E-state index in [2.05, 4.69) is 26.1 Å². The molecule has 1 unspecified atom stereocenters. The van der Waals surface area contributed by atoms with E-state index in [0.29, 0.717) is 6.61 Å². The molecule has 1 aliphatic heterocycles. The number of rotatable bonds is 3. The van der Waals surface area contributed by atoms with Gasteiger partial charge in [-0.1, -0.05) is 0 Å². The maximum absolute atomic E-state index is 5.91. The van der Waals surface area contributed by atoms with Crippen molar-refractivity contribution in [2.45, 2.75) is 26.5 Å². The summed E-state index contributed by atoms with van der Waals surface area (Å²) in [7, 11) is 0. The molecule has 7 nitrogen and oxygen atoms in total. The third-order valence-corrected chi connectivity index (χ3v) is 4.08. The minimum atomic E-state index is 0.106. The first kappa shape index (κ1) is 14.2. The van der Waals surface area contributed by atoms with Crippen molar-refractivity contribution in [3.05, 3.63) is 42.1 Å². The Morgan fingerprint density at radius 2 is 2.26 bits per heavy atom. The topological polar surface area (TPSA) is 60.5 Å². The van der Waals surface area contributed by atoms with Crippen LogP contribution in [-0.2, 0) is 11.3 Å². The van der Waals surface area contributed by atoms with E-state index >= 15 is 0 Å². The van der Waals surface area contributed by atoms with Crippen molar-refractivity contribution in [2.24, 2.45) is 0 Å². The summed E-state index contributed by atoms with van der Waals surface area (Å²) in [5.74, 6) is 0.970. The number of aryl methyl sites for hydroxylation is 2. The van der Waals surface area contributed by atoms with Crippen molar-refractivity contribution in [1.29, 1.82) is 0 Å². The molecule has 1 fully saturated rings. The van der Waals surface area contributed by atoms with Crippen LogP contribution < -0.4 is 4.90 Å². The Labute approximate surface area is 134 Å². The Morgan fingerprint density at radius 1 is 1.35 bits per heavy atom. The zero-order valence-electron chi connectivity index (χ0n) is 13.4. The Balaban J connectivity index is 1.56. The van der Waals surface area contributed by atoms with Crippen LogP contribution in [0.2, 0.25) is 0 Å². The number of fused-ring (bicyclic) bond motifs is 1. The van der Waals surface area contributed by atoms with Crippen LogP contribution in [0, 0.1) is 13.8 Å².